The molecule has 0 spiro atoms. The molecule has 0 saturated carbocycles. The Kier molecular flexibility index (Phi) is 4.92. The molecule has 0 saturated heterocycles. The van der Waals surface area contributed by atoms with E-state index in [0.717, 1.165) is 17.7 Å². The molecule has 0 radical (unpaired) electrons. The second-order valence-electron chi connectivity index (χ2n) is 4.81. The van der Waals surface area contributed by atoms with E-state index < -0.39 is 20.8 Å². The summed E-state index contributed by atoms with van der Waals surface area (Å²) in [6.07, 6.45) is 1.00. The van der Waals surface area contributed by atoms with Crippen LogP contribution in [0.1, 0.15) is 18.9 Å². The van der Waals surface area contributed by atoms with E-state index in [2.05, 4.69) is 0 Å². The van der Waals surface area contributed by atoms with Crippen molar-refractivity contribution in [3.63, 3.8) is 0 Å². The molecular formula is C16H15FO4S. The maximum absolute atomic E-state index is 13.5. The molecule has 0 heterocycles. The molecule has 0 N–H and O–H groups in total. The van der Waals surface area contributed by atoms with Gasteiger partial charge in [0.25, 0.3) is 0 Å². The van der Waals surface area contributed by atoms with Gasteiger partial charge in [0.15, 0.2) is 0 Å². The third-order valence-corrected chi connectivity index (χ3v) is 4.28. The SMILES string of the molecule is CC(=O)CCc1ccc(OS(=O)(=O)c2ccccc2F)cc1. The smallest absolute Gasteiger partial charge is 0.342 e. The van der Waals surface area contributed by atoms with E-state index >= 15 is 0 Å². The van der Waals surface area contributed by atoms with Gasteiger partial charge in [0.2, 0.25) is 0 Å². The molecule has 22 heavy (non-hydrogen) atoms. The minimum atomic E-state index is -4.21. The monoisotopic (exact) mass is 322 g/mol. The standard InChI is InChI=1S/C16H15FO4S/c1-12(18)6-7-13-8-10-14(11-9-13)21-22(19,20)16-5-3-2-4-15(16)17/h2-5,8-11H,6-7H2,1H3. The molecule has 0 aliphatic heterocycles. The van der Waals surface area contributed by atoms with Crippen LogP contribution < -0.4 is 4.18 Å². The molecule has 0 unspecified atom stereocenters. The van der Waals surface area contributed by atoms with Crippen LogP contribution in [0, 0.1) is 5.82 Å². The van der Waals surface area contributed by atoms with Crippen molar-refractivity contribution in [2.24, 2.45) is 0 Å². The number of hydrogen-bond donors (Lipinski definition) is 0. The van der Waals surface area contributed by atoms with E-state index in [9.17, 15) is 17.6 Å². The second-order valence-corrected chi connectivity index (χ2v) is 6.33. The minimum absolute atomic E-state index is 0.0856. The summed E-state index contributed by atoms with van der Waals surface area (Å²) in [7, 11) is -4.21. The number of halogens is 1. The molecule has 0 amide bonds. The fraction of sp³-hybridized carbons (Fsp3) is 0.188. The molecule has 0 aliphatic carbocycles. The molecule has 0 bridgehead atoms. The third kappa shape index (κ3) is 4.14. The van der Waals surface area contributed by atoms with Crippen molar-refractivity contribution in [1.82, 2.24) is 0 Å². The summed E-state index contributed by atoms with van der Waals surface area (Å²) >= 11 is 0. The van der Waals surface area contributed by atoms with Crippen molar-refractivity contribution in [1.29, 1.82) is 0 Å². The van der Waals surface area contributed by atoms with Crippen molar-refractivity contribution in [3.05, 3.63) is 59.9 Å². The van der Waals surface area contributed by atoms with Crippen LogP contribution >= 0.6 is 0 Å². The summed E-state index contributed by atoms with van der Waals surface area (Å²) < 4.78 is 42.5. The van der Waals surface area contributed by atoms with Crippen LogP contribution in [0.2, 0.25) is 0 Å². The van der Waals surface area contributed by atoms with Crippen LogP contribution in [0.4, 0.5) is 4.39 Å². The third-order valence-electron chi connectivity index (χ3n) is 3.00. The van der Waals surface area contributed by atoms with Crippen LogP contribution in [-0.2, 0) is 21.3 Å². The molecule has 2 aromatic carbocycles. The van der Waals surface area contributed by atoms with Gasteiger partial charge in [-0.25, -0.2) is 4.39 Å². The maximum Gasteiger partial charge on any atom is 0.342 e. The quantitative estimate of drug-likeness (QED) is 0.767. The van der Waals surface area contributed by atoms with Crippen molar-refractivity contribution in [2.45, 2.75) is 24.7 Å². The average molecular weight is 322 g/mol. The Labute approximate surface area is 128 Å². The average Bonchev–Trinajstić information content (AvgIpc) is 2.46. The molecule has 0 atom stereocenters. The van der Waals surface area contributed by atoms with Crippen LogP contribution in [-0.4, -0.2) is 14.2 Å². The minimum Gasteiger partial charge on any atom is -0.379 e. The number of rotatable bonds is 6. The molecule has 2 aromatic rings. The van der Waals surface area contributed by atoms with Gasteiger partial charge in [-0.2, -0.15) is 8.42 Å². The van der Waals surface area contributed by atoms with Crippen molar-refractivity contribution in [3.8, 4) is 5.75 Å². The Morgan fingerprint density at radius 3 is 2.32 bits per heavy atom. The van der Waals surface area contributed by atoms with Gasteiger partial charge in [-0.1, -0.05) is 24.3 Å². The van der Waals surface area contributed by atoms with Crippen LogP contribution in [0.25, 0.3) is 0 Å². The zero-order chi connectivity index (χ0) is 16.2. The topological polar surface area (TPSA) is 60.4 Å². The lowest BCUT2D eigenvalue weighted by molar-refractivity contribution is -0.116. The maximum atomic E-state index is 13.5. The second kappa shape index (κ2) is 6.70. The molecule has 2 rings (SSSR count). The first-order valence-corrected chi connectivity index (χ1v) is 8.07. The number of aryl methyl sites for hydroxylation is 1. The Bertz CT molecular complexity index is 767. The number of benzene rings is 2. The van der Waals surface area contributed by atoms with Crippen LogP contribution in [0.3, 0.4) is 0 Å². The van der Waals surface area contributed by atoms with E-state index in [1.54, 1.807) is 12.1 Å². The van der Waals surface area contributed by atoms with Gasteiger partial charge >= 0.3 is 10.1 Å². The van der Waals surface area contributed by atoms with Gasteiger partial charge in [0.05, 0.1) is 0 Å². The molecule has 0 aromatic heterocycles. The van der Waals surface area contributed by atoms with Gasteiger partial charge in [0, 0.05) is 6.42 Å². The van der Waals surface area contributed by atoms with Gasteiger partial charge in [0.1, 0.15) is 22.2 Å². The summed E-state index contributed by atoms with van der Waals surface area (Å²) in [5, 5.41) is 0. The first kappa shape index (κ1) is 16.2. The highest BCUT2D eigenvalue weighted by atomic mass is 32.2. The van der Waals surface area contributed by atoms with Gasteiger partial charge in [-0.15, -0.1) is 0 Å². The highest BCUT2D eigenvalue weighted by molar-refractivity contribution is 7.87. The Hall–Kier alpha value is -2.21. The van der Waals surface area contributed by atoms with Crippen LogP contribution in [0.15, 0.2) is 53.4 Å². The summed E-state index contributed by atoms with van der Waals surface area (Å²) in [4.78, 5) is 10.4. The lowest BCUT2D eigenvalue weighted by atomic mass is 10.1. The highest BCUT2D eigenvalue weighted by Crippen LogP contribution is 2.21. The number of carbonyl (C=O) groups excluding carboxylic acids is 1. The van der Waals surface area contributed by atoms with Gasteiger partial charge in [-0.3, -0.25) is 0 Å². The number of carbonyl (C=O) groups is 1. The Morgan fingerprint density at radius 2 is 1.73 bits per heavy atom. The zero-order valence-electron chi connectivity index (χ0n) is 12.0. The summed E-state index contributed by atoms with van der Waals surface area (Å²) in [5.41, 5.74) is 0.894. The lowest BCUT2D eigenvalue weighted by Crippen LogP contribution is -2.11. The lowest BCUT2D eigenvalue weighted by Gasteiger charge is -2.08. The van der Waals surface area contributed by atoms with E-state index in [-0.39, 0.29) is 11.5 Å². The van der Waals surface area contributed by atoms with E-state index in [4.69, 9.17) is 4.18 Å². The number of Topliss-reactive ketones (excluding diaryl/α,β-unsaturated/α-hetero) is 1. The van der Waals surface area contributed by atoms with Crippen LogP contribution in [0.5, 0.6) is 5.75 Å². The molecule has 0 fully saturated rings. The summed E-state index contributed by atoms with van der Waals surface area (Å²) in [6.45, 7) is 1.51. The summed E-state index contributed by atoms with van der Waals surface area (Å²) in [5.74, 6) is -0.683. The highest BCUT2D eigenvalue weighted by Gasteiger charge is 2.20. The predicted molar refractivity (Wildman–Crippen MR) is 79.7 cm³/mol. The normalized spacial score (nSPS) is 11.2. The fourth-order valence-electron chi connectivity index (χ4n) is 1.85. The molecular weight excluding hydrogens is 307 g/mol. The Morgan fingerprint density at radius 1 is 1.09 bits per heavy atom. The molecule has 6 heteroatoms. The first-order valence-electron chi connectivity index (χ1n) is 6.66. The summed E-state index contributed by atoms with van der Waals surface area (Å²) in [6, 6.07) is 11.3. The van der Waals surface area contributed by atoms with Gasteiger partial charge in [-0.05, 0) is 43.2 Å². The molecule has 4 nitrogen and oxygen atoms in total. The largest absolute Gasteiger partial charge is 0.379 e. The van der Waals surface area contributed by atoms with Crippen molar-refractivity contribution < 1.29 is 21.8 Å². The molecule has 116 valence electrons. The van der Waals surface area contributed by atoms with E-state index in [1.165, 1.54) is 31.2 Å². The van der Waals surface area contributed by atoms with E-state index in [1.807, 2.05) is 0 Å². The number of ketones is 1. The zero-order valence-corrected chi connectivity index (χ0v) is 12.8. The van der Waals surface area contributed by atoms with E-state index in [0.29, 0.717) is 12.8 Å². The predicted octanol–water partition coefficient (Wildman–Crippen LogP) is 3.12. The van der Waals surface area contributed by atoms with Crippen molar-refractivity contribution in [2.75, 3.05) is 0 Å². The van der Waals surface area contributed by atoms with Gasteiger partial charge < -0.3 is 8.98 Å². The number of hydrogen-bond acceptors (Lipinski definition) is 4. The fourth-order valence-corrected chi connectivity index (χ4v) is 2.86. The first-order chi connectivity index (χ1) is 10.4. The van der Waals surface area contributed by atoms with Crippen molar-refractivity contribution >= 4 is 15.9 Å². The Balaban J connectivity index is 2.13. The molecule has 0 aliphatic rings.